The number of hydrogen-bond acceptors (Lipinski definition) is 3. The highest BCUT2D eigenvalue weighted by Gasteiger charge is 2.10. The standard InChI is InChI=1S/C10H11N3O2/c1-6-3-8-10(11-4-6)13(5-9(14)15)7(2)12-8/h3-4H,5H2,1-2H3,(H,14,15). The Labute approximate surface area is 86.4 Å². The van der Waals surface area contributed by atoms with E-state index in [2.05, 4.69) is 9.97 Å². The molecule has 1 N–H and O–H groups in total. The summed E-state index contributed by atoms with van der Waals surface area (Å²) in [5.41, 5.74) is 2.39. The van der Waals surface area contributed by atoms with Crippen molar-refractivity contribution in [3.63, 3.8) is 0 Å². The van der Waals surface area contributed by atoms with E-state index in [4.69, 9.17) is 5.11 Å². The lowest BCUT2D eigenvalue weighted by molar-refractivity contribution is -0.137. The van der Waals surface area contributed by atoms with Crippen LogP contribution in [0.15, 0.2) is 12.3 Å². The molecule has 0 unspecified atom stereocenters. The number of aryl methyl sites for hydroxylation is 2. The molecule has 0 radical (unpaired) electrons. The minimum Gasteiger partial charge on any atom is -0.480 e. The van der Waals surface area contributed by atoms with Gasteiger partial charge in [-0.2, -0.15) is 0 Å². The molecule has 0 saturated heterocycles. The Morgan fingerprint density at radius 2 is 2.27 bits per heavy atom. The Bertz CT molecular complexity index is 531. The number of aliphatic carboxylic acids is 1. The van der Waals surface area contributed by atoms with Crippen LogP contribution in [0.2, 0.25) is 0 Å². The largest absolute Gasteiger partial charge is 0.480 e. The SMILES string of the molecule is Cc1cnc2c(c1)nc(C)n2CC(=O)O. The quantitative estimate of drug-likeness (QED) is 0.798. The van der Waals surface area contributed by atoms with Gasteiger partial charge in [0, 0.05) is 6.20 Å². The van der Waals surface area contributed by atoms with Crippen molar-refractivity contribution in [2.75, 3.05) is 0 Å². The summed E-state index contributed by atoms with van der Waals surface area (Å²) in [6.45, 7) is 3.61. The zero-order chi connectivity index (χ0) is 11.0. The highest BCUT2D eigenvalue weighted by atomic mass is 16.4. The summed E-state index contributed by atoms with van der Waals surface area (Å²) in [7, 11) is 0. The van der Waals surface area contributed by atoms with Gasteiger partial charge in [-0.25, -0.2) is 9.97 Å². The average molecular weight is 205 g/mol. The predicted molar refractivity (Wildman–Crippen MR) is 54.6 cm³/mol. The smallest absolute Gasteiger partial charge is 0.323 e. The van der Waals surface area contributed by atoms with Gasteiger partial charge in [0.1, 0.15) is 17.9 Å². The Kier molecular flexibility index (Phi) is 2.15. The molecule has 0 bridgehead atoms. The first-order valence-electron chi connectivity index (χ1n) is 4.59. The highest BCUT2D eigenvalue weighted by molar-refractivity contribution is 5.75. The summed E-state index contributed by atoms with van der Waals surface area (Å²) in [5, 5.41) is 8.75. The van der Waals surface area contributed by atoms with Crippen molar-refractivity contribution in [1.29, 1.82) is 0 Å². The van der Waals surface area contributed by atoms with Gasteiger partial charge in [-0.1, -0.05) is 0 Å². The number of carbonyl (C=O) groups is 1. The Hall–Kier alpha value is -1.91. The molecule has 0 amide bonds. The second-order valence-corrected chi connectivity index (χ2v) is 3.49. The highest BCUT2D eigenvalue weighted by Crippen LogP contribution is 2.14. The van der Waals surface area contributed by atoms with Gasteiger partial charge in [-0.15, -0.1) is 0 Å². The fraction of sp³-hybridized carbons (Fsp3) is 0.300. The van der Waals surface area contributed by atoms with Crippen molar-refractivity contribution in [2.24, 2.45) is 0 Å². The van der Waals surface area contributed by atoms with E-state index in [0.717, 1.165) is 11.1 Å². The second kappa shape index (κ2) is 3.34. The van der Waals surface area contributed by atoms with E-state index in [1.54, 1.807) is 17.7 Å². The van der Waals surface area contributed by atoms with E-state index in [0.29, 0.717) is 11.5 Å². The molecule has 0 aliphatic heterocycles. The molecule has 2 rings (SSSR count). The van der Waals surface area contributed by atoms with Crippen molar-refractivity contribution in [3.05, 3.63) is 23.7 Å². The molecule has 2 aromatic heterocycles. The van der Waals surface area contributed by atoms with Gasteiger partial charge < -0.3 is 9.67 Å². The summed E-state index contributed by atoms with van der Waals surface area (Å²) >= 11 is 0. The Morgan fingerprint density at radius 1 is 1.53 bits per heavy atom. The Morgan fingerprint density at radius 3 is 2.93 bits per heavy atom. The summed E-state index contributed by atoms with van der Waals surface area (Å²) < 4.78 is 1.59. The van der Waals surface area contributed by atoms with E-state index >= 15 is 0 Å². The summed E-state index contributed by atoms with van der Waals surface area (Å²) in [5.74, 6) is -0.217. The van der Waals surface area contributed by atoms with Crippen molar-refractivity contribution >= 4 is 17.1 Å². The molecule has 15 heavy (non-hydrogen) atoms. The molecule has 2 heterocycles. The van der Waals surface area contributed by atoms with Gasteiger partial charge in [-0.3, -0.25) is 4.79 Å². The maximum absolute atomic E-state index is 10.7. The molecule has 78 valence electrons. The van der Waals surface area contributed by atoms with Gasteiger partial charge in [0.25, 0.3) is 0 Å². The number of hydrogen-bond donors (Lipinski definition) is 1. The number of carboxylic acid groups (broad SMARTS) is 1. The minimum atomic E-state index is -0.889. The minimum absolute atomic E-state index is 0.0988. The molecule has 5 heteroatoms. The second-order valence-electron chi connectivity index (χ2n) is 3.49. The normalized spacial score (nSPS) is 10.8. The maximum Gasteiger partial charge on any atom is 0.323 e. The van der Waals surface area contributed by atoms with Crippen molar-refractivity contribution in [1.82, 2.24) is 14.5 Å². The first kappa shape index (κ1) is 9.64. The lowest BCUT2D eigenvalue weighted by Crippen LogP contribution is -2.10. The fourth-order valence-electron chi connectivity index (χ4n) is 1.55. The molecule has 5 nitrogen and oxygen atoms in total. The fourth-order valence-corrected chi connectivity index (χ4v) is 1.55. The van der Waals surface area contributed by atoms with E-state index in [-0.39, 0.29) is 6.54 Å². The van der Waals surface area contributed by atoms with Crippen LogP contribution in [0.3, 0.4) is 0 Å². The lowest BCUT2D eigenvalue weighted by atomic mass is 10.3. The van der Waals surface area contributed by atoms with Crippen LogP contribution in [0.4, 0.5) is 0 Å². The van der Waals surface area contributed by atoms with Gasteiger partial charge in [-0.05, 0) is 25.5 Å². The monoisotopic (exact) mass is 205 g/mol. The van der Waals surface area contributed by atoms with Crippen LogP contribution >= 0.6 is 0 Å². The third-order valence-electron chi connectivity index (χ3n) is 2.21. The van der Waals surface area contributed by atoms with Crippen LogP contribution in [0, 0.1) is 13.8 Å². The van der Waals surface area contributed by atoms with E-state index in [1.807, 2.05) is 13.0 Å². The third kappa shape index (κ3) is 1.68. The van der Waals surface area contributed by atoms with E-state index < -0.39 is 5.97 Å². The molecular weight excluding hydrogens is 194 g/mol. The molecular formula is C10H11N3O2. The van der Waals surface area contributed by atoms with E-state index in [1.165, 1.54) is 0 Å². The first-order chi connectivity index (χ1) is 7.08. The first-order valence-corrected chi connectivity index (χ1v) is 4.59. The number of nitrogens with zero attached hydrogens (tertiary/aromatic N) is 3. The third-order valence-corrected chi connectivity index (χ3v) is 2.21. The van der Waals surface area contributed by atoms with Crippen molar-refractivity contribution in [3.8, 4) is 0 Å². The zero-order valence-corrected chi connectivity index (χ0v) is 8.56. The molecule has 2 aromatic rings. The van der Waals surface area contributed by atoms with Crippen LogP contribution in [0.5, 0.6) is 0 Å². The number of carboxylic acids is 1. The molecule has 0 aliphatic carbocycles. The molecule has 0 spiro atoms. The van der Waals surface area contributed by atoms with Crippen LogP contribution in [-0.2, 0) is 11.3 Å². The summed E-state index contributed by atoms with van der Waals surface area (Å²) in [6.07, 6.45) is 1.71. The number of fused-ring (bicyclic) bond motifs is 1. The number of imidazole rings is 1. The maximum atomic E-state index is 10.7. The predicted octanol–water partition coefficient (Wildman–Crippen LogP) is 1.13. The van der Waals surface area contributed by atoms with Crippen LogP contribution in [0.25, 0.3) is 11.2 Å². The van der Waals surface area contributed by atoms with Gasteiger partial charge in [0.2, 0.25) is 0 Å². The number of rotatable bonds is 2. The average Bonchev–Trinajstić information content (AvgIpc) is 2.41. The summed E-state index contributed by atoms with van der Waals surface area (Å²) in [4.78, 5) is 19.1. The van der Waals surface area contributed by atoms with E-state index in [9.17, 15) is 4.79 Å². The van der Waals surface area contributed by atoms with Gasteiger partial charge in [0.15, 0.2) is 5.65 Å². The topological polar surface area (TPSA) is 68.0 Å². The van der Waals surface area contributed by atoms with Crippen LogP contribution in [0.1, 0.15) is 11.4 Å². The lowest BCUT2D eigenvalue weighted by Gasteiger charge is -2.01. The number of aromatic nitrogens is 3. The summed E-state index contributed by atoms with van der Waals surface area (Å²) in [6, 6.07) is 1.90. The molecule has 0 saturated carbocycles. The molecule has 0 fully saturated rings. The molecule has 0 aromatic carbocycles. The van der Waals surface area contributed by atoms with Gasteiger partial charge in [0.05, 0.1) is 0 Å². The van der Waals surface area contributed by atoms with Crippen molar-refractivity contribution in [2.45, 2.75) is 20.4 Å². The Balaban J connectivity index is 2.63. The zero-order valence-electron chi connectivity index (χ0n) is 8.56. The van der Waals surface area contributed by atoms with Crippen LogP contribution < -0.4 is 0 Å². The van der Waals surface area contributed by atoms with Crippen molar-refractivity contribution < 1.29 is 9.90 Å². The number of pyridine rings is 1. The van der Waals surface area contributed by atoms with Crippen LogP contribution in [-0.4, -0.2) is 25.6 Å². The van der Waals surface area contributed by atoms with Gasteiger partial charge >= 0.3 is 5.97 Å². The molecule has 0 atom stereocenters. The molecule has 0 aliphatic rings.